The first-order chi connectivity index (χ1) is 10.6. The van der Waals surface area contributed by atoms with Crippen LogP contribution in [-0.2, 0) is 16.1 Å². The van der Waals surface area contributed by atoms with Crippen molar-refractivity contribution < 1.29 is 14.1 Å². The van der Waals surface area contributed by atoms with Crippen molar-refractivity contribution in [3.63, 3.8) is 0 Å². The Morgan fingerprint density at radius 2 is 2.36 bits per heavy atom. The molecule has 1 unspecified atom stereocenters. The number of ketones is 1. The van der Waals surface area contributed by atoms with E-state index in [0.717, 1.165) is 22.7 Å². The maximum Gasteiger partial charge on any atom is 0.218 e. The maximum atomic E-state index is 11.7. The Hall–Kier alpha value is -2.48. The summed E-state index contributed by atoms with van der Waals surface area (Å²) in [6.07, 6.45) is 3.92. The van der Waals surface area contributed by atoms with E-state index in [0.29, 0.717) is 26.0 Å². The summed E-state index contributed by atoms with van der Waals surface area (Å²) in [5.74, 6) is 0.342. The largest absolute Gasteiger partial charge is 0.361 e. The molecular weight excluding hydrogens is 286 g/mol. The van der Waals surface area contributed by atoms with E-state index in [1.165, 1.54) is 0 Å². The topological polar surface area (TPSA) is 93.3 Å². The highest BCUT2D eigenvalue weighted by atomic mass is 16.5. The van der Waals surface area contributed by atoms with Gasteiger partial charge in [0.1, 0.15) is 11.8 Å². The molecule has 8 heteroatoms. The maximum absolute atomic E-state index is 11.7. The second-order valence-electron chi connectivity index (χ2n) is 5.32. The van der Waals surface area contributed by atoms with Crippen molar-refractivity contribution in [3.05, 3.63) is 29.4 Å². The van der Waals surface area contributed by atoms with Gasteiger partial charge >= 0.3 is 0 Å². The van der Waals surface area contributed by atoms with Crippen LogP contribution < -0.4 is 10.2 Å². The van der Waals surface area contributed by atoms with E-state index in [-0.39, 0.29) is 0 Å². The average Bonchev–Trinajstić information content (AvgIpc) is 3.22. The molecule has 116 valence electrons. The fraction of sp³-hybridized carbons (Fsp3) is 0.429. The fourth-order valence-electron chi connectivity index (χ4n) is 2.62. The van der Waals surface area contributed by atoms with Crippen LogP contribution >= 0.6 is 0 Å². The van der Waals surface area contributed by atoms with Gasteiger partial charge in [0.15, 0.2) is 6.29 Å². The highest BCUT2D eigenvalue weighted by Crippen LogP contribution is 2.20. The number of carbonyl (C=O) groups excluding carboxylic acids is 2. The molecule has 0 amide bonds. The molecule has 0 aliphatic carbocycles. The van der Waals surface area contributed by atoms with Crippen LogP contribution in [0.3, 0.4) is 0 Å². The van der Waals surface area contributed by atoms with Crippen molar-refractivity contribution >= 4 is 17.8 Å². The quantitative estimate of drug-likeness (QED) is 0.615. The van der Waals surface area contributed by atoms with Crippen LogP contribution in [0.15, 0.2) is 16.9 Å². The number of anilines is 1. The minimum Gasteiger partial charge on any atom is -0.361 e. The molecule has 0 spiro atoms. The van der Waals surface area contributed by atoms with Crippen LogP contribution in [0, 0.1) is 13.8 Å². The molecule has 1 fully saturated rings. The van der Waals surface area contributed by atoms with Crippen LogP contribution in [0.25, 0.3) is 0 Å². The summed E-state index contributed by atoms with van der Waals surface area (Å²) >= 11 is 0. The fourth-order valence-corrected chi connectivity index (χ4v) is 2.62. The van der Waals surface area contributed by atoms with E-state index in [4.69, 9.17) is 4.52 Å². The molecule has 1 saturated heterocycles. The van der Waals surface area contributed by atoms with E-state index < -0.39 is 11.8 Å². The highest BCUT2D eigenvalue weighted by molar-refractivity contribution is 6.28. The van der Waals surface area contributed by atoms with Gasteiger partial charge in [-0.05, 0) is 13.8 Å². The molecule has 1 aliphatic heterocycles. The van der Waals surface area contributed by atoms with Crippen LogP contribution in [0.1, 0.15) is 17.0 Å². The molecule has 0 radical (unpaired) electrons. The number of carbonyl (C=O) groups is 2. The second-order valence-corrected chi connectivity index (χ2v) is 5.32. The number of nitrogens with zero attached hydrogens (tertiary/aromatic N) is 4. The summed E-state index contributed by atoms with van der Waals surface area (Å²) < 4.78 is 6.91. The van der Waals surface area contributed by atoms with Gasteiger partial charge in [-0.2, -0.15) is 5.10 Å². The van der Waals surface area contributed by atoms with Crippen molar-refractivity contribution in [2.24, 2.45) is 0 Å². The van der Waals surface area contributed by atoms with Crippen molar-refractivity contribution in [3.8, 4) is 0 Å². The van der Waals surface area contributed by atoms with Crippen LogP contribution in [0.2, 0.25) is 0 Å². The molecule has 3 heterocycles. The lowest BCUT2D eigenvalue weighted by molar-refractivity contribution is -0.130. The van der Waals surface area contributed by atoms with Crippen molar-refractivity contribution in [1.82, 2.24) is 20.3 Å². The summed E-state index contributed by atoms with van der Waals surface area (Å²) in [6.45, 7) is 5.28. The molecule has 3 rings (SSSR count). The first-order valence-electron chi connectivity index (χ1n) is 7.00. The first-order valence-corrected chi connectivity index (χ1v) is 7.00. The minimum absolute atomic E-state index is 0.374. The van der Waals surface area contributed by atoms with Crippen LogP contribution in [-0.4, -0.2) is 46.3 Å². The monoisotopic (exact) mass is 303 g/mol. The third-order valence-corrected chi connectivity index (χ3v) is 3.89. The van der Waals surface area contributed by atoms with Crippen LogP contribution in [0.5, 0.6) is 0 Å². The van der Waals surface area contributed by atoms with E-state index in [1.54, 1.807) is 10.9 Å². The summed E-state index contributed by atoms with van der Waals surface area (Å²) in [4.78, 5) is 24.2. The number of nitrogens with one attached hydrogen (secondary N) is 1. The number of hydrogen-bond donors (Lipinski definition) is 1. The molecule has 0 bridgehead atoms. The molecule has 1 N–H and O–H groups in total. The Balaban J connectivity index is 1.79. The second kappa shape index (κ2) is 5.72. The van der Waals surface area contributed by atoms with Crippen LogP contribution in [0.4, 0.5) is 5.69 Å². The summed E-state index contributed by atoms with van der Waals surface area (Å²) in [5.41, 5.74) is 2.64. The lowest BCUT2D eigenvalue weighted by Gasteiger charge is -2.20. The summed E-state index contributed by atoms with van der Waals surface area (Å²) in [5, 5.41) is 11.3. The number of aldehydes is 1. The highest BCUT2D eigenvalue weighted by Gasteiger charge is 2.31. The number of Topliss-reactive ketones (excluding diaryl/α,β-unsaturated/α-hetero) is 1. The molecule has 0 saturated carbocycles. The first kappa shape index (κ1) is 14.5. The van der Waals surface area contributed by atoms with Gasteiger partial charge in [0, 0.05) is 18.3 Å². The van der Waals surface area contributed by atoms with E-state index in [2.05, 4.69) is 15.6 Å². The molecule has 0 aromatic carbocycles. The van der Waals surface area contributed by atoms with Gasteiger partial charge in [-0.15, -0.1) is 0 Å². The number of hydrogen-bond acceptors (Lipinski definition) is 7. The predicted molar refractivity (Wildman–Crippen MR) is 77.5 cm³/mol. The molecular formula is C14H17N5O3. The lowest BCUT2D eigenvalue weighted by atomic mass is 10.2. The molecule has 2 aromatic heterocycles. The Kier molecular flexibility index (Phi) is 3.76. The van der Waals surface area contributed by atoms with E-state index in [1.807, 2.05) is 24.9 Å². The molecule has 8 nitrogen and oxygen atoms in total. The van der Waals surface area contributed by atoms with Gasteiger partial charge in [0.2, 0.25) is 5.78 Å². The van der Waals surface area contributed by atoms with Crippen molar-refractivity contribution in [2.45, 2.75) is 26.4 Å². The third kappa shape index (κ3) is 2.52. The zero-order chi connectivity index (χ0) is 15.7. The zero-order valence-electron chi connectivity index (χ0n) is 12.4. The SMILES string of the molecule is Cc1noc(C)c1Cn1cc(N2CNCC2C(=O)C=O)cn1. The van der Waals surface area contributed by atoms with Crippen molar-refractivity contribution in [2.75, 3.05) is 18.1 Å². The predicted octanol–water partition coefficient (Wildman–Crippen LogP) is 0.0399. The third-order valence-electron chi connectivity index (χ3n) is 3.89. The zero-order valence-corrected chi connectivity index (χ0v) is 12.4. The van der Waals surface area contributed by atoms with Gasteiger partial charge < -0.3 is 9.42 Å². The van der Waals surface area contributed by atoms with E-state index in [9.17, 15) is 9.59 Å². The standard InChI is InChI=1S/C14H17N5O3/c1-9-12(10(2)22-17-9)6-18-5-11(3-16-18)19-8-15-4-13(19)14(21)7-20/h3,5,7,13,15H,4,6,8H2,1-2H3. The average molecular weight is 303 g/mol. The smallest absolute Gasteiger partial charge is 0.218 e. The summed E-state index contributed by atoms with van der Waals surface area (Å²) in [6, 6.07) is -0.464. The molecule has 1 aliphatic rings. The Morgan fingerprint density at radius 3 is 3.05 bits per heavy atom. The Morgan fingerprint density at radius 1 is 1.55 bits per heavy atom. The van der Waals surface area contributed by atoms with Gasteiger partial charge in [0.05, 0.1) is 30.8 Å². The van der Waals surface area contributed by atoms with Crippen molar-refractivity contribution in [1.29, 1.82) is 0 Å². The minimum atomic E-state index is -0.464. The number of aromatic nitrogens is 3. The molecule has 1 atom stereocenters. The Labute approximate surface area is 127 Å². The number of rotatable bonds is 5. The van der Waals surface area contributed by atoms with Gasteiger partial charge in [-0.3, -0.25) is 19.6 Å². The normalized spacial score (nSPS) is 17.9. The summed E-state index contributed by atoms with van der Waals surface area (Å²) in [7, 11) is 0. The van der Waals surface area contributed by atoms with Gasteiger partial charge in [-0.1, -0.05) is 5.16 Å². The molecule has 22 heavy (non-hydrogen) atoms. The lowest BCUT2D eigenvalue weighted by Crippen LogP contribution is -2.38. The van der Waals surface area contributed by atoms with E-state index >= 15 is 0 Å². The Bertz CT molecular complexity index is 686. The van der Waals surface area contributed by atoms with Gasteiger partial charge in [0.25, 0.3) is 0 Å². The van der Waals surface area contributed by atoms with Gasteiger partial charge in [-0.25, -0.2) is 0 Å². The number of aryl methyl sites for hydroxylation is 2. The molecule has 2 aromatic rings.